The fraction of sp³-hybridized carbons (Fsp3) is 0.389. The van der Waals surface area contributed by atoms with Crippen LogP contribution < -0.4 is 14.8 Å². The first kappa shape index (κ1) is 14.5. The molecule has 1 aromatic carbocycles. The van der Waals surface area contributed by atoms with E-state index < -0.39 is 0 Å². The fourth-order valence-electron chi connectivity index (χ4n) is 3.24. The van der Waals surface area contributed by atoms with Crippen LogP contribution in [-0.2, 0) is 11.3 Å². The molecule has 5 nitrogen and oxygen atoms in total. The first-order valence-corrected chi connectivity index (χ1v) is 8.04. The second kappa shape index (κ2) is 6.56. The van der Waals surface area contributed by atoms with Crippen LogP contribution in [0.15, 0.2) is 42.7 Å². The molecule has 0 unspecified atom stereocenters. The lowest BCUT2D eigenvalue weighted by Crippen LogP contribution is -2.39. The monoisotopic (exact) mass is 312 g/mol. The van der Waals surface area contributed by atoms with Gasteiger partial charge in [0.2, 0.25) is 6.79 Å². The Morgan fingerprint density at radius 2 is 2.04 bits per heavy atom. The van der Waals surface area contributed by atoms with Crippen LogP contribution in [0.3, 0.4) is 0 Å². The van der Waals surface area contributed by atoms with E-state index in [-0.39, 0.29) is 12.1 Å². The van der Waals surface area contributed by atoms with Crippen LogP contribution in [0.25, 0.3) is 0 Å². The summed E-state index contributed by atoms with van der Waals surface area (Å²) < 4.78 is 17.0. The van der Waals surface area contributed by atoms with Crippen molar-refractivity contribution < 1.29 is 14.2 Å². The highest BCUT2D eigenvalue weighted by Gasteiger charge is 2.27. The number of pyridine rings is 1. The highest BCUT2D eigenvalue weighted by molar-refractivity contribution is 5.48. The predicted octanol–water partition coefficient (Wildman–Crippen LogP) is 2.82. The van der Waals surface area contributed by atoms with E-state index in [0.717, 1.165) is 43.1 Å². The third-order valence-corrected chi connectivity index (χ3v) is 4.39. The summed E-state index contributed by atoms with van der Waals surface area (Å²) in [5.41, 5.74) is 2.30. The molecule has 1 N–H and O–H groups in total. The maximum absolute atomic E-state index is 6.01. The summed E-state index contributed by atoms with van der Waals surface area (Å²) in [6.07, 6.45) is 5.88. The highest BCUT2D eigenvalue weighted by Crippen LogP contribution is 2.36. The van der Waals surface area contributed by atoms with Crippen LogP contribution in [0.2, 0.25) is 0 Å². The van der Waals surface area contributed by atoms with E-state index in [1.807, 2.05) is 36.7 Å². The summed E-state index contributed by atoms with van der Waals surface area (Å²) in [5, 5.41) is 3.64. The van der Waals surface area contributed by atoms with Gasteiger partial charge in [0.1, 0.15) is 0 Å². The minimum Gasteiger partial charge on any atom is -0.454 e. The van der Waals surface area contributed by atoms with Crippen molar-refractivity contribution in [2.45, 2.75) is 31.5 Å². The molecule has 2 aromatic rings. The van der Waals surface area contributed by atoms with Crippen molar-refractivity contribution in [1.82, 2.24) is 10.3 Å². The lowest BCUT2D eigenvalue weighted by molar-refractivity contribution is -0.0113. The molecule has 5 heteroatoms. The summed E-state index contributed by atoms with van der Waals surface area (Å²) in [4.78, 5) is 4.09. The van der Waals surface area contributed by atoms with Crippen molar-refractivity contribution in [3.05, 3.63) is 53.9 Å². The van der Waals surface area contributed by atoms with E-state index in [0.29, 0.717) is 6.79 Å². The van der Waals surface area contributed by atoms with Gasteiger partial charge < -0.3 is 19.5 Å². The lowest BCUT2D eigenvalue weighted by atomic mass is 9.96. The van der Waals surface area contributed by atoms with Gasteiger partial charge in [0.25, 0.3) is 0 Å². The molecule has 1 aromatic heterocycles. The van der Waals surface area contributed by atoms with E-state index in [2.05, 4.69) is 16.4 Å². The van der Waals surface area contributed by atoms with Crippen molar-refractivity contribution >= 4 is 0 Å². The summed E-state index contributed by atoms with van der Waals surface area (Å²) >= 11 is 0. The number of benzene rings is 1. The molecule has 0 spiro atoms. The number of para-hydroxylation sites is 1. The Hall–Kier alpha value is -2.11. The molecule has 2 aliphatic rings. The smallest absolute Gasteiger partial charge is 0.231 e. The molecule has 0 saturated carbocycles. The van der Waals surface area contributed by atoms with Crippen molar-refractivity contribution in [3.8, 4) is 11.5 Å². The summed E-state index contributed by atoms with van der Waals surface area (Å²) in [5.74, 6) is 1.69. The third kappa shape index (κ3) is 3.02. The average molecular weight is 312 g/mol. The molecule has 23 heavy (non-hydrogen) atoms. The highest BCUT2D eigenvalue weighted by atomic mass is 16.7. The van der Waals surface area contributed by atoms with Gasteiger partial charge in [-0.05, 0) is 36.6 Å². The topological polar surface area (TPSA) is 52.6 Å². The molecule has 0 amide bonds. The Morgan fingerprint density at radius 1 is 1.13 bits per heavy atom. The number of aromatic nitrogens is 1. The minimum atomic E-state index is 0.0701. The van der Waals surface area contributed by atoms with Crippen LogP contribution in [-0.4, -0.2) is 24.4 Å². The zero-order valence-corrected chi connectivity index (χ0v) is 12.9. The van der Waals surface area contributed by atoms with Crippen LogP contribution in [0.4, 0.5) is 0 Å². The van der Waals surface area contributed by atoms with Crippen LogP contribution in [0.5, 0.6) is 11.5 Å². The summed E-state index contributed by atoms with van der Waals surface area (Å²) in [6, 6.07) is 10.4. The van der Waals surface area contributed by atoms with Gasteiger partial charge in [0.15, 0.2) is 11.5 Å². The third-order valence-electron chi connectivity index (χ3n) is 4.39. The summed E-state index contributed by atoms with van der Waals surface area (Å²) in [6.45, 7) is 1.85. The first-order chi connectivity index (χ1) is 11.4. The second-order valence-electron chi connectivity index (χ2n) is 5.85. The van der Waals surface area contributed by atoms with Gasteiger partial charge >= 0.3 is 0 Å². The van der Waals surface area contributed by atoms with Gasteiger partial charge in [-0.1, -0.05) is 12.1 Å². The average Bonchev–Trinajstić information content (AvgIpc) is 3.10. The number of nitrogens with one attached hydrogen (secondary N) is 1. The van der Waals surface area contributed by atoms with Crippen molar-refractivity contribution in [3.63, 3.8) is 0 Å². The Labute approximate surface area is 135 Å². The van der Waals surface area contributed by atoms with E-state index >= 15 is 0 Å². The SMILES string of the molecule is c1cc(CN[C@H]2CCCO[C@@H]2c2ccncc2)c2c(c1)OCO2. The number of ether oxygens (including phenoxy) is 3. The van der Waals surface area contributed by atoms with Crippen molar-refractivity contribution in [1.29, 1.82) is 0 Å². The van der Waals surface area contributed by atoms with Crippen molar-refractivity contribution in [2.24, 2.45) is 0 Å². The maximum Gasteiger partial charge on any atom is 0.231 e. The molecule has 1 fully saturated rings. The van der Waals surface area contributed by atoms with Gasteiger partial charge in [0.05, 0.1) is 6.10 Å². The molecule has 0 aliphatic carbocycles. The van der Waals surface area contributed by atoms with Gasteiger partial charge in [-0.2, -0.15) is 0 Å². The Kier molecular flexibility index (Phi) is 4.13. The van der Waals surface area contributed by atoms with E-state index in [1.54, 1.807) is 0 Å². The largest absolute Gasteiger partial charge is 0.454 e. The molecular weight excluding hydrogens is 292 g/mol. The zero-order valence-electron chi connectivity index (χ0n) is 12.9. The Bertz CT molecular complexity index is 663. The van der Waals surface area contributed by atoms with Crippen LogP contribution in [0, 0.1) is 0 Å². The molecule has 120 valence electrons. The minimum absolute atomic E-state index is 0.0701. The van der Waals surface area contributed by atoms with Crippen molar-refractivity contribution in [2.75, 3.05) is 13.4 Å². The van der Waals surface area contributed by atoms with Gasteiger partial charge in [0, 0.05) is 37.2 Å². The van der Waals surface area contributed by atoms with Crippen LogP contribution >= 0.6 is 0 Å². The number of hydrogen-bond donors (Lipinski definition) is 1. The maximum atomic E-state index is 6.01. The van der Waals surface area contributed by atoms with Gasteiger partial charge in [-0.25, -0.2) is 0 Å². The lowest BCUT2D eigenvalue weighted by Gasteiger charge is -2.33. The van der Waals surface area contributed by atoms with E-state index in [1.165, 1.54) is 5.56 Å². The number of rotatable bonds is 4. The first-order valence-electron chi connectivity index (χ1n) is 8.04. The van der Waals surface area contributed by atoms with Crippen LogP contribution in [0.1, 0.15) is 30.1 Å². The number of nitrogens with zero attached hydrogens (tertiary/aromatic N) is 1. The molecule has 1 saturated heterocycles. The van der Waals surface area contributed by atoms with Gasteiger partial charge in [-0.15, -0.1) is 0 Å². The molecule has 2 atom stereocenters. The molecule has 0 radical (unpaired) electrons. The molecule has 2 aliphatic heterocycles. The van der Waals surface area contributed by atoms with E-state index in [4.69, 9.17) is 14.2 Å². The second-order valence-corrected chi connectivity index (χ2v) is 5.85. The standard InChI is InChI=1S/C18H20N2O3/c1-3-14(18-16(5-1)22-12-23-18)11-20-15-4-2-10-21-17(15)13-6-8-19-9-7-13/h1,3,5-9,15,17,20H,2,4,10-12H2/t15-,17+/m0/s1. The summed E-state index contributed by atoms with van der Waals surface area (Å²) in [7, 11) is 0. The molecular formula is C18H20N2O3. The van der Waals surface area contributed by atoms with Gasteiger partial charge in [-0.3, -0.25) is 4.98 Å². The molecule has 4 rings (SSSR count). The molecule has 0 bridgehead atoms. The quantitative estimate of drug-likeness (QED) is 0.941. The Balaban J connectivity index is 1.48. The molecule has 3 heterocycles. The zero-order chi connectivity index (χ0) is 15.5. The number of fused-ring (bicyclic) bond motifs is 1. The Morgan fingerprint density at radius 3 is 2.96 bits per heavy atom. The number of hydrogen-bond acceptors (Lipinski definition) is 5. The fourth-order valence-corrected chi connectivity index (χ4v) is 3.24. The van der Waals surface area contributed by atoms with E-state index in [9.17, 15) is 0 Å². The predicted molar refractivity (Wildman–Crippen MR) is 85.4 cm³/mol. The normalized spacial score (nSPS) is 23.0.